The van der Waals surface area contributed by atoms with Gasteiger partial charge in [0.2, 0.25) is 0 Å². The monoisotopic (exact) mass is 200 g/mol. The van der Waals surface area contributed by atoms with E-state index in [0.29, 0.717) is 0 Å². The van der Waals surface area contributed by atoms with Gasteiger partial charge in [0.05, 0.1) is 0 Å². The Labute approximate surface area is 81.7 Å². The zero-order valence-electron chi connectivity index (χ0n) is 8.20. The van der Waals surface area contributed by atoms with Crippen molar-refractivity contribution in [3.05, 3.63) is 0 Å². The lowest BCUT2D eigenvalue weighted by Gasteiger charge is -2.20. The second kappa shape index (κ2) is 3.68. The van der Waals surface area contributed by atoms with Gasteiger partial charge < -0.3 is 11.5 Å². The van der Waals surface area contributed by atoms with Crippen LogP contribution in [0.4, 0.5) is 0 Å². The molecule has 0 radical (unpaired) electrons. The molecule has 0 aliphatic rings. The Morgan fingerprint density at radius 3 is 1.29 bits per heavy atom. The summed E-state index contributed by atoms with van der Waals surface area (Å²) in [4.78, 5) is 0. The molecular formula is C6H16N8. The highest BCUT2D eigenvalue weighted by molar-refractivity contribution is 5.87. The first-order valence-electron chi connectivity index (χ1n) is 3.80. The first kappa shape index (κ1) is 12.5. The SMILES string of the molecule is CC(N)(N=NC(C)(N)C(=N)N)C(=N)N. The van der Waals surface area contributed by atoms with Crippen molar-refractivity contribution in [1.29, 1.82) is 10.8 Å². The van der Waals surface area contributed by atoms with E-state index in [1.54, 1.807) is 0 Å². The highest BCUT2D eigenvalue weighted by atomic mass is 15.3. The molecule has 0 saturated carbocycles. The van der Waals surface area contributed by atoms with Crippen LogP contribution in [-0.2, 0) is 0 Å². The highest BCUT2D eigenvalue weighted by Gasteiger charge is 2.26. The Morgan fingerprint density at radius 1 is 0.929 bits per heavy atom. The maximum atomic E-state index is 7.09. The van der Waals surface area contributed by atoms with Gasteiger partial charge in [0.25, 0.3) is 0 Å². The fourth-order valence-electron chi connectivity index (χ4n) is 0.315. The van der Waals surface area contributed by atoms with Gasteiger partial charge in [0.1, 0.15) is 11.7 Å². The third-order valence-electron chi connectivity index (χ3n) is 1.56. The second-order valence-corrected chi connectivity index (χ2v) is 3.32. The van der Waals surface area contributed by atoms with Crippen molar-refractivity contribution in [1.82, 2.24) is 0 Å². The van der Waals surface area contributed by atoms with Crippen LogP contribution >= 0.6 is 0 Å². The first-order chi connectivity index (χ1) is 6.09. The topological polar surface area (TPSA) is 176 Å². The summed E-state index contributed by atoms with van der Waals surface area (Å²) in [6, 6.07) is 0. The van der Waals surface area contributed by atoms with Gasteiger partial charge in [-0.05, 0) is 13.8 Å². The van der Waals surface area contributed by atoms with E-state index in [9.17, 15) is 0 Å². The smallest absolute Gasteiger partial charge is 0.183 e. The van der Waals surface area contributed by atoms with Crippen LogP contribution in [0.5, 0.6) is 0 Å². The Kier molecular flexibility index (Phi) is 3.27. The summed E-state index contributed by atoms with van der Waals surface area (Å²) in [6.07, 6.45) is 0. The molecule has 0 aliphatic carbocycles. The van der Waals surface area contributed by atoms with E-state index in [4.69, 9.17) is 33.8 Å². The molecule has 0 amide bonds. The fourth-order valence-corrected chi connectivity index (χ4v) is 0.315. The number of amidine groups is 2. The fraction of sp³-hybridized carbons (Fsp3) is 0.667. The minimum atomic E-state index is -1.42. The molecule has 0 heterocycles. The molecule has 0 spiro atoms. The van der Waals surface area contributed by atoms with Crippen LogP contribution in [-0.4, -0.2) is 23.0 Å². The highest BCUT2D eigenvalue weighted by Crippen LogP contribution is 2.07. The molecule has 8 nitrogen and oxygen atoms in total. The van der Waals surface area contributed by atoms with Crippen molar-refractivity contribution in [2.45, 2.75) is 25.2 Å². The van der Waals surface area contributed by atoms with Gasteiger partial charge in [-0.2, -0.15) is 10.2 Å². The van der Waals surface area contributed by atoms with E-state index in [-0.39, 0.29) is 11.7 Å². The van der Waals surface area contributed by atoms with E-state index in [0.717, 1.165) is 0 Å². The second-order valence-electron chi connectivity index (χ2n) is 3.32. The van der Waals surface area contributed by atoms with E-state index >= 15 is 0 Å². The van der Waals surface area contributed by atoms with Gasteiger partial charge >= 0.3 is 0 Å². The molecular weight excluding hydrogens is 184 g/mol. The van der Waals surface area contributed by atoms with Gasteiger partial charge in [-0.25, -0.2) is 0 Å². The van der Waals surface area contributed by atoms with E-state index in [2.05, 4.69) is 10.2 Å². The van der Waals surface area contributed by atoms with E-state index < -0.39 is 11.3 Å². The largest absolute Gasteiger partial charge is 0.384 e. The summed E-state index contributed by atoms with van der Waals surface area (Å²) < 4.78 is 0. The maximum Gasteiger partial charge on any atom is 0.183 e. The summed E-state index contributed by atoms with van der Waals surface area (Å²) in [5, 5.41) is 21.3. The molecule has 14 heavy (non-hydrogen) atoms. The quantitative estimate of drug-likeness (QED) is 0.187. The van der Waals surface area contributed by atoms with Crippen molar-refractivity contribution in [3.8, 4) is 0 Å². The van der Waals surface area contributed by atoms with Crippen molar-refractivity contribution in [2.75, 3.05) is 0 Å². The maximum absolute atomic E-state index is 7.09. The van der Waals surface area contributed by atoms with Crippen LogP contribution in [0.25, 0.3) is 0 Å². The molecule has 80 valence electrons. The molecule has 0 fully saturated rings. The minimum Gasteiger partial charge on any atom is -0.384 e. The van der Waals surface area contributed by atoms with Crippen molar-refractivity contribution >= 4 is 11.7 Å². The number of hydrogen-bond acceptors (Lipinski definition) is 6. The number of nitrogens with zero attached hydrogens (tertiary/aromatic N) is 2. The van der Waals surface area contributed by atoms with E-state index in [1.807, 2.05) is 0 Å². The normalized spacial score (nSPS) is 20.0. The molecule has 8 heteroatoms. The number of azo groups is 1. The first-order valence-corrected chi connectivity index (χ1v) is 3.80. The lowest BCUT2D eigenvalue weighted by Crippen LogP contribution is -2.50. The summed E-state index contributed by atoms with van der Waals surface area (Å²) in [5.41, 5.74) is 18.4. The van der Waals surface area contributed by atoms with Gasteiger partial charge in [0, 0.05) is 0 Å². The Bertz CT molecular complexity index is 248. The molecule has 0 rings (SSSR count). The zero-order chi connectivity index (χ0) is 11.6. The van der Waals surface area contributed by atoms with Crippen LogP contribution in [0.1, 0.15) is 13.8 Å². The van der Waals surface area contributed by atoms with Crippen molar-refractivity contribution < 1.29 is 0 Å². The number of nitrogens with one attached hydrogen (secondary N) is 2. The Hall–Kier alpha value is -1.54. The lowest BCUT2D eigenvalue weighted by molar-refractivity contribution is 0.527. The standard InChI is InChI=1S/C6H16N8/c1-5(11,3(7)8)13-14-6(2,12)4(9)10/h11-12H2,1-2H3,(H3,7,8)(H3,9,10). The Morgan fingerprint density at radius 2 is 1.14 bits per heavy atom. The molecule has 0 saturated heterocycles. The Balaban J connectivity index is 4.76. The predicted molar refractivity (Wildman–Crippen MR) is 53.9 cm³/mol. The molecule has 2 unspecified atom stereocenters. The minimum absolute atomic E-state index is 0.347. The number of hydrogen-bond donors (Lipinski definition) is 6. The van der Waals surface area contributed by atoms with Crippen LogP contribution in [0.3, 0.4) is 0 Å². The molecule has 0 aromatic heterocycles. The summed E-state index contributed by atoms with van der Waals surface area (Å²) >= 11 is 0. The third-order valence-corrected chi connectivity index (χ3v) is 1.56. The predicted octanol–water partition coefficient (Wildman–Crippen LogP) is -1.34. The number of rotatable bonds is 4. The van der Waals surface area contributed by atoms with Crippen LogP contribution in [0.15, 0.2) is 10.2 Å². The van der Waals surface area contributed by atoms with Crippen molar-refractivity contribution in [2.24, 2.45) is 33.2 Å². The van der Waals surface area contributed by atoms with Crippen LogP contribution in [0.2, 0.25) is 0 Å². The van der Waals surface area contributed by atoms with Gasteiger partial charge in [-0.3, -0.25) is 22.3 Å². The zero-order valence-corrected chi connectivity index (χ0v) is 8.20. The summed E-state index contributed by atoms with van der Waals surface area (Å²) in [7, 11) is 0. The van der Waals surface area contributed by atoms with Gasteiger partial charge in [-0.15, -0.1) is 0 Å². The summed E-state index contributed by atoms with van der Waals surface area (Å²) in [5.74, 6) is -0.693. The van der Waals surface area contributed by atoms with Gasteiger partial charge in [-0.1, -0.05) is 0 Å². The molecule has 0 aliphatic heterocycles. The third kappa shape index (κ3) is 3.07. The molecule has 0 aromatic rings. The molecule has 2 atom stereocenters. The molecule has 0 aromatic carbocycles. The lowest BCUT2D eigenvalue weighted by atomic mass is 10.2. The van der Waals surface area contributed by atoms with E-state index in [1.165, 1.54) is 13.8 Å². The molecule has 10 N–H and O–H groups in total. The van der Waals surface area contributed by atoms with Gasteiger partial charge in [0.15, 0.2) is 11.3 Å². The molecule has 0 bridgehead atoms. The van der Waals surface area contributed by atoms with Crippen LogP contribution < -0.4 is 22.9 Å². The van der Waals surface area contributed by atoms with Crippen LogP contribution in [0, 0.1) is 10.8 Å². The summed E-state index contributed by atoms with van der Waals surface area (Å²) in [6.45, 7) is 2.80. The van der Waals surface area contributed by atoms with Crippen molar-refractivity contribution in [3.63, 3.8) is 0 Å². The average Bonchev–Trinajstić information content (AvgIpc) is 2.01. The average molecular weight is 200 g/mol. The number of nitrogens with two attached hydrogens (primary N) is 4.